The van der Waals surface area contributed by atoms with Gasteiger partial charge in [0.05, 0.1) is 25.1 Å². The highest BCUT2D eigenvalue weighted by Crippen LogP contribution is 2.37. The van der Waals surface area contributed by atoms with Crippen molar-refractivity contribution in [2.24, 2.45) is 4.99 Å². The van der Waals surface area contributed by atoms with Crippen LogP contribution >= 0.6 is 0 Å². The van der Waals surface area contributed by atoms with Crippen LogP contribution < -0.4 is 26.0 Å². The molecule has 10 nitrogen and oxygen atoms in total. The lowest BCUT2D eigenvalue weighted by atomic mass is 9.97. The summed E-state index contributed by atoms with van der Waals surface area (Å²) in [7, 11) is 1.63. The summed E-state index contributed by atoms with van der Waals surface area (Å²) in [6.45, 7) is 12.0. The second kappa shape index (κ2) is 10.8. The zero-order chi connectivity index (χ0) is 27.7. The lowest BCUT2D eigenvalue weighted by Crippen LogP contribution is -2.43. The Bertz CT molecular complexity index is 1640. The minimum atomic E-state index is -0.111. The van der Waals surface area contributed by atoms with E-state index in [2.05, 4.69) is 53.4 Å². The number of hydrogen-bond acceptors (Lipinski definition) is 7. The average Bonchev–Trinajstić information content (AvgIpc) is 3.32. The number of hydrogen-bond donors (Lipinski definition) is 2. The quantitative estimate of drug-likeness (QED) is 0.357. The SMILES string of the molecule is CCOc1cc2c(cc1OC)-c1cc(=Nc3c(C)cc(C)cc3C)n(CCNc3n[nH]c(C)n3)c(=O)n1CC2. The summed E-state index contributed by atoms with van der Waals surface area (Å²) in [5.41, 5.74) is 7.55. The van der Waals surface area contributed by atoms with Crippen LogP contribution in [-0.4, -0.2) is 44.6 Å². The predicted molar refractivity (Wildman–Crippen MR) is 151 cm³/mol. The van der Waals surface area contributed by atoms with Crippen LogP contribution in [0.4, 0.5) is 11.6 Å². The Morgan fingerprint density at radius 3 is 2.51 bits per heavy atom. The minimum Gasteiger partial charge on any atom is -0.493 e. The molecule has 3 heterocycles. The van der Waals surface area contributed by atoms with Crippen LogP contribution in [-0.2, 0) is 19.5 Å². The zero-order valence-corrected chi connectivity index (χ0v) is 23.4. The Morgan fingerprint density at radius 1 is 1.08 bits per heavy atom. The second-order valence-electron chi connectivity index (χ2n) is 9.85. The topological polar surface area (TPSA) is 111 Å². The van der Waals surface area contributed by atoms with Gasteiger partial charge in [-0.15, -0.1) is 5.10 Å². The number of ether oxygens (including phenoxy) is 2. The van der Waals surface area contributed by atoms with Crippen LogP contribution in [0.15, 0.2) is 40.1 Å². The molecule has 0 unspecified atom stereocenters. The maximum atomic E-state index is 14.0. The van der Waals surface area contributed by atoms with Crippen molar-refractivity contribution in [3.05, 3.63) is 74.4 Å². The molecule has 0 atom stereocenters. The van der Waals surface area contributed by atoms with Gasteiger partial charge < -0.3 is 14.8 Å². The summed E-state index contributed by atoms with van der Waals surface area (Å²) in [4.78, 5) is 23.3. The van der Waals surface area contributed by atoms with Crippen molar-refractivity contribution in [2.75, 3.05) is 25.6 Å². The van der Waals surface area contributed by atoms with Crippen LogP contribution in [0.3, 0.4) is 0 Å². The Morgan fingerprint density at radius 2 is 1.85 bits per heavy atom. The molecule has 0 saturated heterocycles. The first kappa shape index (κ1) is 26.3. The average molecular weight is 530 g/mol. The van der Waals surface area contributed by atoms with Crippen molar-refractivity contribution >= 4 is 11.6 Å². The summed E-state index contributed by atoms with van der Waals surface area (Å²) in [5.74, 6) is 2.58. The van der Waals surface area contributed by atoms with Crippen molar-refractivity contribution in [3.8, 4) is 22.8 Å². The predicted octanol–water partition coefficient (Wildman–Crippen LogP) is 3.98. The fourth-order valence-corrected chi connectivity index (χ4v) is 5.24. The van der Waals surface area contributed by atoms with E-state index in [9.17, 15) is 4.79 Å². The molecule has 10 heteroatoms. The molecule has 2 N–H and O–H groups in total. The van der Waals surface area contributed by atoms with E-state index in [0.29, 0.717) is 55.6 Å². The highest BCUT2D eigenvalue weighted by atomic mass is 16.5. The van der Waals surface area contributed by atoms with Gasteiger partial charge in [-0.2, -0.15) is 4.98 Å². The fraction of sp³-hybridized carbons (Fsp3) is 0.379. The molecule has 1 aliphatic rings. The molecule has 0 fully saturated rings. The smallest absolute Gasteiger partial charge is 0.330 e. The molecule has 1 aliphatic heterocycles. The molecule has 2 aromatic carbocycles. The highest BCUT2D eigenvalue weighted by molar-refractivity contribution is 5.70. The lowest BCUT2D eigenvalue weighted by molar-refractivity contribution is 0.310. The van der Waals surface area contributed by atoms with Crippen LogP contribution in [0.1, 0.15) is 35.0 Å². The molecule has 0 amide bonds. The number of nitrogens with zero attached hydrogens (tertiary/aromatic N) is 5. The third-order valence-electron chi connectivity index (χ3n) is 6.94. The van der Waals surface area contributed by atoms with E-state index in [0.717, 1.165) is 39.5 Å². The summed E-state index contributed by atoms with van der Waals surface area (Å²) in [6, 6.07) is 10.2. The van der Waals surface area contributed by atoms with E-state index >= 15 is 0 Å². The second-order valence-corrected chi connectivity index (χ2v) is 9.85. The van der Waals surface area contributed by atoms with Gasteiger partial charge in [-0.05, 0) is 69.9 Å². The third kappa shape index (κ3) is 5.19. The van der Waals surface area contributed by atoms with Gasteiger partial charge in [0.1, 0.15) is 11.3 Å². The monoisotopic (exact) mass is 529 g/mol. The van der Waals surface area contributed by atoms with Gasteiger partial charge in [0.2, 0.25) is 5.95 Å². The van der Waals surface area contributed by atoms with E-state index in [-0.39, 0.29) is 5.69 Å². The minimum absolute atomic E-state index is 0.111. The van der Waals surface area contributed by atoms with E-state index < -0.39 is 0 Å². The van der Waals surface area contributed by atoms with E-state index in [1.54, 1.807) is 11.7 Å². The number of methoxy groups -OCH3 is 1. The number of benzene rings is 2. The maximum absolute atomic E-state index is 14.0. The number of anilines is 1. The molecule has 0 spiro atoms. The molecule has 204 valence electrons. The lowest BCUT2D eigenvalue weighted by Gasteiger charge is -2.25. The number of nitrogens with one attached hydrogen (secondary N) is 2. The van der Waals surface area contributed by atoms with Crippen LogP contribution in [0.2, 0.25) is 0 Å². The van der Waals surface area contributed by atoms with Crippen molar-refractivity contribution in [3.63, 3.8) is 0 Å². The number of aromatic amines is 1. The number of H-pyrrole nitrogens is 1. The molecule has 0 radical (unpaired) electrons. The Labute approximate surface area is 227 Å². The Balaban J connectivity index is 1.67. The third-order valence-corrected chi connectivity index (χ3v) is 6.94. The summed E-state index contributed by atoms with van der Waals surface area (Å²) >= 11 is 0. The fourth-order valence-electron chi connectivity index (χ4n) is 5.24. The van der Waals surface area contributed by atoms with Gasteiger partial charge in [0, 0.05) is 31.3 Å². The van der Waals surface area contributed by atoms with E-state index in [1.165, 1.54) is 5.56 Å². The van der Waals surface area contributed by atoms with Crippen molar-refractivity contribution in [1.29, 1.82) is 0 Å². The number of rotatable bonds is 8. The van der Waals surface area contributed by atoms with Gasteiger partial charge in [0.25, 0.3) is 0 Å². The standard InChI is InChI=1S/C29H35N7O3/c1-7-39-25-14-21-8-10-35-23(22(21)15-24(25)38-6)16-26(32-27-18(3)12-17(2)13-19(27)4)36(29(35)37)11-9-30-28-31-20(5)33-34-28/h12-16H,7-11H2,1-6H3,(H2,30,31,33,34). The highest BCUT2D eigenvalue weighted by Gasteiger charge is 2.22. The zero-order valence-electron chi connectivity index (χ0n) is 23.4. The van der Waals surface area contributed by atoms with Gasteiger partial charge in [0.15, 0.2) is 11.5 Å². The summed E-state index contributed by atoms with van der Waals surface area (Å²) in [6.07, 6.45) is 0.716. The molecule has 2 aromatic heterocycles. The van der Waals surface area contributed by atoms with Crippen LogP contribution in [0.5, 0.6) is 11.5 Å². The molecular weight excluding hydrogens is 494 g/mol. The van der Waals surface area contributed by atoms with Crippen LogP contribution in [0, 0.1) is 27.7 Å². The largest absolute Gasteiger partial charge is 0.493 e. The molecule has 39 heavy (non-hydrogen) atoms. The first-order valence-corrected chi connectivity index (χ1v) is 13.2. The van der Waals surface area contributed by atoms with Gasteiger partial charge >= 0.3 is 5.69 Å². The van der Waals surface area contributed by atoms with E-state index in [1.807, 2.05) is 36.6 Å². The van der Waals surface area contributed by atoms with Crippen LogP contribution in [0.25, 0.3) is 11.3 Å². The summed E-state index contributed by atoms with van der Waals surface area (Å²) in [5, 5.41) is 10.2. The summed E-state index contributed by atoms with van der Waals surface area (Å²) < 4.78 is 15.0. The first-order valence-electron chi connectivity index (χ1n) is 13.2. The van der Waals surface area contributed by atoms with Gasteiger partial charge in [-0.25, -0.2) is 9.79 Å². The molecule has 4 aromatic rings. The Kier molecular flexibility index (Phi) is 7.28. The van der Waals surface area contributed by atoms with E-state index in [4.69, 9.17) is 14.5 Å². The molecule has 0 saturated carbocycles. The van der Waals surface area contributed by atoms with Gasteiger partial charge in [-0.3, -0.25) is 14.2 Å². The number of aromatic nitrogens is 5. The normalized spacial score (nSPS) is 12.7. The molecule has 5 rings (SSSR count). The molecule has 0 aliphatic carbocycles. The van der Waals surface area contributed by atoms with Gasteiger partial charge in [-0.1, -0.05) is 17.7 Å². The van der Waals surface area contributed by atoms with Crippen molar-refractivity contribution in [2.45, 2.75) is 54.1 Å². The van der Waals surface area contributed by atoms with Crippen molar-refractivity contribution < 1.29 is 9.47 Å². The number of fused-ring (bicyclic) bond motifs is 3. The molecular formula is C29H35N7O3. The Hall–Kier alpha value is -4.34. The first-order chi connectivity index (χ1) is 18.8. The van der Waals surface area contributed by atoms with Crippen molar-refractivity contribution in [1.82, 2.24) is 24.3 Å². The molecule has 0 bridgehead atoms. The maximum Gasteiger partial charge on any atom is 0.330 e. The number of aryl methyl sites for hydroxylation is 5.